The minimum atomic E-state index is -0.632. The van der Waals surface area contributed by atoms with Crippen molar-refractivity contribution in [3.8, 4) is 10.4 Å². The predicted octanol–water partition coefficient (Wildman–Crippen LogP) is 3.84. The molecule has 0 radical (unpaired) electrons. The molecular formula is C19H13N3O5S2. The van der Waals surface area contributed by atoms with Crippen LogP contribution in [0.3, 0.4) is 0 Å². The van der Waals surface area contributed by atoms with Gasteiger partial charge in [-0.15, -0.1) is 22.7 Å². The van der Waals surface area contributed by atoms with E-state index in [0.29, 0.717) is 15.8 Å². The van der Waals surface area contributed by atoms with Crippen LogP contribution in [0.15, 0.2) is 58.3 Å². The Morgan fingerprint density at radius 3 is 2.86 bits per heavy atom. The monoisotopic (exact) mass is 427 g/mol. The van der Waals surface area contributed by atoms with E-state index in [1.54, 1.807) is 6.07 Å². The maximum absolute atomic E-state index is 12.9. The largest absolute Gasteiger partial charge is 0.459 e. The Labute approximate surface area is 171 Å². The number of rotatable bonds is 6. The highest BCUT2D eigenvalue weighted by atomic mass is 32.1. The number of carbonyl (C=O) groups is 1. The lowest BCUT2D eigenvalue weighted by atomic mass is 10.2. The maximum atomic E-state index is 12.9. The second kappa shape index (κ2) is 7.94. The lowest BCUT2D eigenvalue weighted by Gasteiger charge is -2.07. The molecular weight excluding hydrogens is 414 g/mol. The van der Waals surface area contributed by atoms with Crippen molar-refractivity contribution in [2.45, 2.75) is 13.2 Å². The number of fused-ring (bicyclic) bond motifs is 1. The van der Waals surface area contributed by atoms with Crippen LogP contribution in [0, 0.1) is 10.1 Å². The number of benzene rings is 1. The minimum Gasteiger partial charge on any atom is -0.459 e. The Balaban J connectivity index is 1.52. The summed E-state index contributed by atoms with van der Waals surface area (Å²) in [5, 5.41) is 15.1. The molecule has 0 aliphatic rings. The summed E-state index contributed by atoms with van der Waals surface area (Å²) in [6, 6.07) is 9.68. The highest BCUT2D eigenvalue weighted by Crippen LogP contribution is 2.33. The van der Waals surface area contributed by atoms with E-state index in [0.717, 1.165) is 10.4 Å². The van der Waals surface area contributed by atoms with Crippen molar-refractivity contribution in [1.82, 2.24) is 9.55 Å². The topological polar surface area (TPSA) is 104 Å². The summed E-state index contributed by atoms with van der Waals surface area (Å²) in [6.45, 7) is -0.416. The summed E-state index contributed by atoms with van der Waals surface area (Å²) in [5.41, 5.74) is 0.901. The zero-order valence-electron chi connectivity index (χ0n) is 14.8. The Morgan fingerprint density at radius 2 is 2.10 bits per heavy atom. The Hall–Kier alpha value is -3.37. The summed E-state index contributed by atoms with van der Waals surface area (Å²) < 4.78 is 6.38. The number of esters is 1. The van der Waals surface area contributed by atoms with Gasteiger partial charge in [0.2, 0.25) is 0 Å². The number of thiophene rings is 2. The third kappa shape index (κ3) is 3.93. The van der Waals surface area contributed by atoms with Crippen molar-refractivity contribution in [2.75, 3.05) is 0 Å². The molecule has 3 aromatic heterocycles. The molecule has 0 atom stereocenters. The number of nitro groups is 1. The van der Waals surface area contributed by atoms with Crippen LogP contribution in [0.2, 0.25) is 0 Å². The summed E-state index contributed by atoms with van der Waals surface area (Å²) in [7, 11) is 0. The highest BCUT2D eigenvalue weighted by molar-refractivity contribution is 7.18. The van der Waals surface area contributed by atoms with Crippen molar-refractivity contribution >= 4 is 44.5 Å². The third-order valence-corrected chi connectivity index (χ3v) is 5.96. The van der Waals surface area contributed by atoms with Crippen LogP contribution in [0.25, 0.3) is 20.7 Å². The van der Waals surface area contributed by atoms with E-state index in [1.807, 2.05) is 22.9 Å². The van der Waals surface area contributed by atoms with Crippen molar-refractivity contribution in [2.24, 2.45) is 0 Å². The lowest BCUT2D eigenvalue weighted by Crippen LogP contribution is -2.25. The molecule has 0 aliphatic carbocycles. The van der Waals surface area contributed by atoms with Gasteiger partial charge in [-0.25, -0.2) is 4.98 Å². The summed E-state index contributed by atoms with van der Waals surface area (Å²) in [6.07, 6.45) is 1.33. The first kappa shape index (κ1) is 19.0. The summed E-state index contributed by atoms with van der Waals surface area (Å²) in [5.74, 6) is -0.632. The van der Waals surface area contributed by atoms with E-state index in [2.05, 4.69) is 4.98 Å². The van der Waals surface area contributed by atoms with E-state index in [-0.39, 0.29) is 24.4 Å². The first-order valence-electron chi connectivity index (χ1n) is 8.42. The zero-order chi connectivity index (χ0) is 20.4. The molecule has 4 aromatic rings. The molecule has 4 rings (SSSR count). The first-order chi connectivity index (χ1) is 14.0. The number of aromatic nitrogens is 2. The Bertz CT molecular complexity index is 1260. The smallest absolute Gasteiger partial charge is 0.326 e. The lowest BCUT2D eigenvalue weighted by molar-refractivity contribution is -0.384. The molecule has 1 aromatic carbocycles. The predicted molar refractivity (Wildman–Crippen MR) is 110 cm³/mol. The van der Waals surface area contributed by atoms with E-state index in [9.17, 15) is 19.7 Å². The fraction of sp³-hybridized carbons (Fsp3) is 0.105. The maximum Gasteiger partial charge on any atom is 0.326 e. The molecule has 0 N–H and O–H groups in total. The van der Waals surface area contributed by atoms with Crippen molar-refractivity contribution in [1.29, 1.82) is 0 Å². The standard InChI is InChI=1S/C19H13N3O5S2/c23-16(27-9-12-3-1-4-13(7-12)22(25)26)8-21-11-20-18-17(19(21)24)14(10-29-18)15-5-2-6-28-15/h1-7,10-11H,8-9H2. The van der Waals surface area contributed by atoms with Gasteiger partial charge in [0.1, 0.15) is 18.0 Å². The van der Waals surface area contributed by atoms with Gasteiger partial charge in [-0.05, 0) is 17.0 Å². The van der Waals surface area contributed by atoms with Gasteiger partial charge in [-0.3, -0.25) is 24.3 Å². The van der Waals surface area contributed by atoms with Gasteiger partial charge in [-0.1, -0.05) is 18.2 Å². The van der Waals surface area contributed by atoms with Gasteiger partial charge in [0.05, 0.1) is 16.6 Å². The average Bonchev–Trinajstić information content (AvgIpc) is 3.38. The van der Waals surface area contributed by atoms with E-state index < -0.39 is 10.9 Å². The van der Waals surface area contributed by atoms with Gasteiger partial charge in [-0.2, -0.15) is 0 Å². The second-order valence-electron chi connectivity index (χ2n) is 6.07. The second-order valence-corrected chi connectivity index (χ2v) is 7.88. The van der Waals surface area contributed by atoms with Gasteiger partial charge in [0, 0.05) is 28.0 Å². The fourth-order valence-corrected chi connectivity index (χ4v) is 4.52. The quantitative estimate of drug-likeness (QED) is 0.263. The fourth-order valence-electron chi connectivity index (χ4n) is 2.80. The van der Waals surface area contributed by atoms with Crippen LogP contribution in [-0.2, 0) is 22.7 Å². The van der Waals surface area contributed by atoms with Crippen LogP contribution in [0.5, 0.6) is 0 Å². The number of hydrogen-bond acceptors (Lipinski definition) is 8. The molecule has 29 heavy (non-hydrogen) atoms. The van der Waals surface area contributed by atoms with Gasteiger partial charge in [0.15, 0.2) is 0 Å². The first-order valence-corrected chi connectivity index (χ1v) is 10.2. The van der Waals surface area contributed by atoms with E-state index in [4.69, 9.17) is 4.74 Å². The van der Waals surface area contributed by atoms with Gasteiger partial charge in [0.25, 0.3) is 11.2 Å². The number of carbonyl (C=O) groups excluding carboxylic acids is 1. The van der Waals surface area contributed by atoms with E-state index in [1.165, 1.54) is 51.8 Å². The molecule has 0 saturated heterocycles. The number of non-ortho nitro benzene ring substituents is 1. The molecule has 0 fully saturated rings. The molecule has 0 amide bonds. The van der Waals surface area contributed by atoms with E-state index >= 15 is 0 Å². The Kier molecular flexibility index (Phi) is 5.19. The summed E-state index contributed by atoms with van der Waals surface area (Å²) >= 11 is 2.90. The van der Waals surface area contributed by atoms with Crippen LogP contribution >= 0.6 is 22.7 Å². The number of nitrogens with zero attached hydrogens (tertiary/aromatic N) is 3. The molecule has 0 saturated carbocycles. The van der Waals surface area contributed by atoms with Crippen LogP contribution < -0.4 is 5.56 Å². The molecule has 0 unspecified atom stereocenters. The zero-order valence-corrected chi connectivity index (χ0v) is 16.4. The molecule has 8 nitrogen and oxygen atoms in total. The van der Waals surface area contributed by atoms with Crippen LogP contribution in [-0.4, -0.2) is 20.4 Å². The number of hydrogen-bond donors (Lipinski definition) is 0. The molecule has 0 aliphatic heterocycles. The molecule has 10 heteroatoms. The minimum absolute atomic E-state index is 0.0806. The average molecular weight is 427 g/mol. The number of ether oxygens (including phenoxy) is 1. The van der Waals surface area contributed by atoms with Crippen molar-refractivity contribution in [3.63, 3.8) is 0 Å². The normalized spacial score (nSPS) is 10.9. The third-order valence-electron chi connectivity index (χ3n) is 4.17. The highest BCUT2D eigenvalue weighted by Gasteiger charge is 2.16. The van der Waals surface area contributed by atoms with Crippen molar-refractivity contribution < 1.29 is 14.5 Å². The van der Waals surface area contributed by atoms with Gasteiger partial charge < -0.3 is 4.74 Å². The molecule has 3 heterocycles. The van der Waals surface area contributed by atoms with Gasteiger partial charge >= 0.3 is 5.97 Å². The molecule has 146 valence electrons. The van der Waals surface area contributed by atoms with Crippen LogP contribution in [0.1, 0.15) is 5.56 Å². The Morgan fingerprint density at radius 1 is 1.24 bits per heavy atom. The molecule has 0 spiro atoms. The summed E-state index contributed by atoms with van der Waals surface area (Å²) in [4.78, 5) is 41.2. The SMILES string of the molecule is O=C(Cn1cnc2scc(-c3cccs3)c2c1=O)OCc1cccc([N+](=O)[O-])c1. The molecule has 0 bridgehead atoms. The van der Waals surface area contributed by atoms with Crippen molar-refractivity contribution in [3.05, 3.63) is 79.5 Å². The number of nitro benzene ring substituents is 1. The van der Waals surface area contributed by atoms with Crippen LogP contribution in [0.4, 0.5) is 5.69 Å².